The van der Waals surface area contributed by atoms with Crippen LogP contribution in [0.5, 0.6) is 0 Å². The lowest BCUT2D eigenvalue weighted by atomic mass is 10.0. The topological polar surface area (TPSA) is 38.7 Å². The van der Waals surface area contributed by atoms with Crippen molar-refractivity contribution in [2.45, 2.75) is 25.9 Å². The fourth-order valence-corrected chi connectivity index (χ4v) is 3.49. The molecule has 3 rings (SSSR count). The molecular formula is C17H27N3O. The van der Waals surface area contributed by atoms with Crippen LogP contribution in [0.3, 0.4) is 0 Å². The lowest BCUT2D eigenvalue weighted by Gasteiger charge is -2.39. The molecule has 0 saturated carbocycles. The summed E-state index contributed by atoms with van der Waals surface area (Å²) in [6.07, 6.45) is 0.879. The summed E-state index contributed by atoms with van der Waals surface area (Å²) in [6, 6.07) is 6.68. The number of aliphatic hydroxyl groups is 1. The second-order valence-electron chi connectivity index (χ2n) is 6.70. The predicted molar refractivity (Wildman–Crippen MR) is 87.0 cm³/mol. The third kappa shape index (κ3) is 3.39. The molecule has 2 saturated heterocycles. The Morgan fingerprint density at radius 1 is 1.19 bits per heavy atom. The first-order valence-electron chi connectivity index (χ1n) is 8.03. The molecule has 0 amide bonds. The Bertz CT molecular complexity index is 489. The van der Waals surface area contributed by atoms with Crippen LogP contribution in [0.4, 0.5) is 5.69 Å². The minimum absolute atomic E-state index is 0.512. The van der Waals surface area contributed by atoms with Gasteiger partial charge in [-0.15, -0.1) is 0 Å². The number of β-amino-alcohol motifs (C(OH)–C–C–N with tert-alkyl or cyclic N) is 1. The molecule has 2 heterocycles. The number of anilines is 1. The molecule has 2 N–H and O–H groups in total. The van der Waals surface area contributed by atoms with Gasteiger partial charge in [0.1, 0.15) is 0 Å². The van der Waals surface area contributed by atoms with Gasteiger partial charge in [0, 0.05) is 45.0 Å². The molecule has 116 valence electrons. The van der Waals surface area contributed by atoms with Crippen molar-refractivity contribution >= 4 is 5.69 Å². The van der Waals surface area contributed by atoms with Crippen molar-refractivity contribution in [3.8, 4) is 0 Å². The number of hydrogen-bond donors (Lipinski definition) is 2. The van der Waals surface area contributed by atoms with Gasteiger partial charge in [-0.3, -0.25) is 4.90 Å². The van der Waals surface area contributed by atoms with Crippen LogP contribution in [0.25, 0.3) is 0 Å². The van der Waals surface area contributed by atoms with Crippen molar-refractivity contribution in [3.05, 3.63) is 29.3 Å². The van der Waals surface area contributed by atoms with Gasteiger partial charge in [0.25, 0.3) is 0 Å². The highest BCUT2D eigenvalue weighted by Gasteiger charge is 2.34. The zero-order valence-corrected chi connectivity index (χ0v) is 13.2. The molecule has 4 nitrogen and oxygen atoms in total. The maximum absolute atomic E-state index is 10.5. The molecule has 2 aliphatic heterocycles. The summed E-state index contributed by atoms with van der Waals surface area (Å²) in [7, 11) is 0. The third-order valence-electron chi connectivity index (χ3n) is 4.82. The van der Waals surface area contributed by atoms with E-state index in [-0.39, 0.29) is 0 Å². The molecule has 2 fully saturated rings. The van der Waals surface area contributed by atoms with Crippen molar-refractivity contribution in [3.63, 3.8) is 0 Å². The first kappa shape index (κ1) is 14.8. The second kappa shape index (κ2) is 5.95. The summed E-state index contributed by atoms with van der Waals surface area (Å²) in [5.74, 6) is 0. The minimum Gasteiger partial charge on any atom is -0.387 e. The van der Waals surface area contributed by atoms with Crippen LogP contribution >= 0.6 is 0 Å². The Kier molecular flexibility index (Phi) is 4.20. The third-order valence-corrected chi connectivity index (χ3v) is 4.82. The Labute approximate surface area is 127 Å². The molecule has 1 unspecified atom stereocenters. The van der Waals surface area contributed by atoms with Crippen molar-refractivity contribution < 1.29 is 5.11 Å². The number of hydrogen-bond acceptors (Lipinski definition) is 4. The Morgan fingerprint density at radius 2 is 1.95 bits per heavy atom. The molecular weight excluding hydrogens is 262 g/mol. The summed E-state index contributed by atoms with van der Waals surface area (Å²) in [4.78, 5) is 4.89. The van der Waals surface area contributed by atoms with Gasteiger partial charge in [-0.1, -0.05) is 12.1 Å². The molecule has 1 aromatic carbocycles. The van der Waals surface area contributed by atoms with Crippen LogP contribution in [0, 0.1) is 13.8 Å². The molecule has 0 aliphatic carbocycles. The molecule has 0 radical (unpaired) electrons. The van der Waals surface area contributed by atoms with Crippen LogP contribution in [0.1, 0.15) is 17.5 Å². The lowest BCUT2D eigenvalue weighted by Crippen LogP contribution is -2.52. The van der Waals surface area contributed by atoms with E-state index in [1.807, 2.05) is 0 Å². The summed E-state index contributed by atoms with van der Waals surface area (Å²) in [5.41, 5.74) is 3.54. The predicted octanol–water partition coefficient (Wildman–Crippen LogP) is 1.15. The van der Waals surface area contributed by atoms with E-state index in [0.717, 1.165) is 52.2 Å². The van der Waals surface area contributed by atoms with Gasteiger partial charge < -0.3 is 15.3 Å². The molecule has 2 aliphatic rings. The van der Waals surface area contributed by atoms with Gasteiger partial charge in [0.2, 0.25) is 0 Å². The van der Waals surface area contributed by atoms with Gasteiger partial charge in [0.05, 0.1) is 5.60 Å². The van der Waals surface area contributed by atoms with Crippen LogP contribution in [-0.4, -0.2) is 61.4 Å². The maximum atomic E-state index is 10.5. The maximum Gasteiger partial charge on any atom is 0.0909 e. The summed E-state index contributed by atoms with van der Waals surface area (Å²) in [6.45, 7) is 11.0. The molecule has 0 bridgehead atoms. The van der Waals surface area contributed by atoms with E-state index >= 15 is 0 Å². The molecule has 1 atom stereocenters. The molecule has 0 spiro atoms. The second-order valence-corrected chi connectivity index (χ2v) is 6.70. The van der Waals surface area contributed by atoms with E-state index in [1.165, 1.54) is 16.8 Å². The number of rotatable bonds is 3. The SMILES string of the molecule is Cc1ccc(C)c(N2CCN(CC3(O)CCNC3)CC2)c1. The monoisotopic (exact) mass is 289 g/mol. The average Bonchev–Trinajstić information content (AvgIpc) is 2.89. The van der Waals surface area contributed by atoms with Gasteiger partial charge >= 0.3 is 0 Å². The Hall–Kier alpha value is -1.10. The standard InChI is InChI=1S/C17H27N3O/c1-14-3-4-15(2)16(11-14)20-9-7-19(8-10-20)13-17(21)5-6-18-12-17/h3-4,11,18,21H,5-10,12-13H2,1-2H3. The van der Waals surface area contributed by atoms with Crippen LogP contribution in [0.2, 0.25) is 0 Å². The average molecular weight is 289 g/mol. The minimum atomic E-state index is -0.512. The van der Waals surface area contributed by atoms with Crippen LogP contribution < -0.4 is 10.2 Å². The fraction of sp³-hybridized carbons (Fsp3) is 0.647. The van der Waals surface area contributed by atoms with Crippen LogP contribution in [-0.2, 0) is 0 Å². The molecule has 21 heavy (non-hydrogen) atoms. The number of nitrogens with zero attached hydrogens (tertiary/aromatic N) is 2. The van der Waals surface area contributed by atoms with E-state index in [2.05, 4.69) is 47.2 Å². The van der Waals surface area contributed by atoms with E-state index in [9.17, 15) is 5.11 Å². The van der Waals surface area contributed by atoms with E-state index < -0.39 is 5.60 Å². The van der Waals surface area contributed by atoms with E-state index in [1.54, 1.807) is 0 Å². The van der Waals surface area contributed by atoms with Crippen molar-refractivity contribution in [2.24, 2.45) is 0 Å². The summed E-state index contributed by atoms with van der Waals surface area (Å²) >= 11 is 0. The number of aryl methyl sites for hydroxylation is 2. The van der Waals surface area contributed by atoms with Gasteiger partial charge in [0.15, 0.2) is 0 Å². The Balaban J connectivity index is 1.58. The molecule has 4 heteroatoms. The smallest absolute Gasteiger partial charge is 0.0909 e. The fourth-order valence-electron chi connectivity index (χ4n) is 3.49. The largest absolute Gasteiger partial charge is 0.387 e. The lowest BCUT2D eigenvalue weighted by molar-refractivity contribution is 0.0193. The van der Waals surface area contributed by atoms with E-state index in [4.69, 9.17) is 0 Å². The molecule has 0 aromatic heterocycles. The summed E-state index contributed by atoms with van der Waals surface area (Å²) in [5, 5.41) is 13.8. The van der Waals surface area contributed by atoms with Gasteiger partial charge in [-0.2, -0.15) is 0 Å². The Morgan fingerprint density at radius 3 is 2.62 bits per heavy atom. The van der Waals surface area contributed by atoms with Crippen molar-refractivity contribution in [1.82, 2.24) is 10.2 Å². The first-order valence-corrected chi connectivity index (χ1v) is 8.03. The van der Waals surface area contributed by atoms with Crippen molar-refractivity contribution in [1.29, 1.82) is 0 Å². The normalized spacial score (nSPS) is 27.3. The number of nitrogens with one attached hydrogen (secondary N) is 1. The van der Waals surface area contributed by atoms with Gasteiger partial charge in [-0.25, -0.2) is 0 Å². The highest BCUT2D eigenvalue weighted by atomic mass is 16.3. The van der Waals surface area contributed by atoms with Crippen molar-refractivity contribution in [2.75, 3.05) is 50.7 Å². The zero-order valence-electron chi connectivity index (χ0n) is 13.2. The summed E-state index contributed by atoms with van der Waals surface area (Å²) < 4.78 is 0. The molecule has 1 aromatic rings. The van der Waals surface area contributed by atoms with Crippen LogP contribution in [0.15, 0.2) is 18.2 Å². The highest BCUT2D eigenvalue weighted by Crippen LogP contribution is 2.24. The van der Waals surface area contributed by atoms with E-state index in [0.29, 0.717) is 0 Å². The number of piperazine rings is 1. The number of benzene rings is 1. The zero-order chi connectivity index (χ0) is 14.9. The first-order chi connectivity index (χ1) is 10.1. The highest BCUT2D eigenvalue weighted by molar-refractivity contribution is 5.55. The van der Waals surface area contributed by atoms with Gasteiger partial charge in [-0.05, 0) is 44.0 Å². The quantitative estimate of drug-likeness (QED) is 0.875.